The minimum absolute atomic E-state index is 0.0483. The van der Waals surface area contributed by atoms with Gasteiger partial charge in [0.15, 0.2) is 0 Å². The summed E-state index contributed by atoms with van der Waals surface area (Å²) in [5.74, 6) is -0.464. The van der Waals surface area contributed by atoms with Crippen molar-refractivity contribution in [2.24, 2.45) is 5.92 Å². The standard InChI is InChI=1S/C12H18O4/c1-10(13)15-8-5-9-16-12(14)11-6-3-2-4-7-11/h5,9,11H,2-4,6-8H2,1H3. The van der Waals surface area contributed by atoms with Crippen molar-refractivity contribution < 1.29 is 19.1 Å². The maximum Gasteiger partial charge on any atom is 0.313 e. The highest BCUT2D eigenvalue weighted by Crippen LogP contribution is 2.24. The van der Waals surface area contributed by atoms with Crippen LogP contribution in [0.4, 0.5) is 0 Å². The van der Waals surface area contributed by atoms with Crippen molar-refractivity contribution in [3.63, 3.8) is 0 Å². The van der Waals surface area contributed by atoms with Crippen LogP contribution in [0.2, 0.25) is 0 Å². The fraction of sp³-hybridized carbons (Fsp3) is 0.667. The van der Waals surface area contributed by atoms with E-state index in [1.165, 1.54) is 25.7 Å². The van der Waals surface area contributed by atoms with Gasteiger partial charge in [0.2, 0.25) is 0 Å². The maximum atomic E-state index is 11.5. The largest absolute Gasteiger partial charge is 0.462 e. The molecule has 0 radical (unpaired) electrons. The molecule has 1 aliphatic rings. The molecule has 0 unspecified atom stereocenters. The van der Waals surface area contributed by atoms with Crippen LogP contribution in [-0.2, 0) is 19.1 Å². The van der Waals surface area contributed by atoms with Crippen molar-refractivity contribution in [2.75, 3.05) is 6.61 Å². The molecular formula is C12H18O4. The first kappa shape index (κ1) is 12.7. The van der Waals surface area contributed by atoms with Crippen LogP contribution in [0, 0.1) is 5.92 Å². The van der Waals surface area contributed by atoms with E-state index in [1.54, 1.807) is 0 Å². The van der Waals surface area contributed by atoms with Gasteiger partial charge < -0.3 is 9.47 Å². The van der Waals surface area contributed by atoms with Gasteiger partial charge in [0.1, 0.15) is 6.61 Å². The molecule has 0 N–H and O–H groups in total. The Kier molecular flexibility index (Phi) is 5.61. The van der Waals surface area contributed by atoms with E-state index in [2.05, 4.69) is 4.74 Å². The van der Waals surface area contributed by atoms with Crippen LogP contribution >= 0.6 is 0 Å². The molecular weight excluding hydrogens is 208 g/mol. The average molecular weight is 226 g/mol. The monoisotopic (exact) mass is 226 g/mol. The van der Waals surface area contributed by atoms with Gasteiger partial charge in [-0.25, -0.2) is 0 Å². The molecule has 0 atom stereocenters. The smallest absolute Gasteiger partial charge is 0.313 e. The second-order valence-corrected chi connectivity index (χ2v) is 3.95. The van der Waals surface area contributed by atoms with Crippen LogP contribution in [0.3, 0.4) is 0 Å². The van der Waals surface area contributed by atoms with Gasteiger partial charge in [-0.1, -0.05) is 19.3 Å². The van der Waals surface area contributed by atoms with Crippen molar-refractivity contribution in [1.82, 2.24) is 0 Å². The summed E-state index contributed by atoms with van der Waals surface area (Å²) >= 11 is 0. The van der Waals surface area contributed by atoms with Gasteiger partial charge in [0.05, 0.1) is 12.2 Å². The number of carbonyl (C=O) groups excluding carboxylic acids is 2. The van der Waals surface area contributed by atoms with Crippen molar-refractivity contribution in [3.8, 4) is 0 Å². The summed E-state index contributed by atoms with van der Waals surface area (Å²) in [4.78, 5) is 21.9. The zero-order valence-electron chi connectivity index (χ0n) is 9.61. The van der Waals surface area contributed by atoms with Crippen LogP contribution < -0.4 is 0 Å². The highest BCUT2D eigenvalue weighted by molar-refractivity contribution is 5.73. The zero-order chi connectivity index (χ0) is 11.8. The third-order valence-electron chi connectivity index (χ3n) is 2.60. The van der Waals surface area contributed by atoms with Crippen molar-refractivity contribution in [3.05, 3.63) is 12.3 Å². The van der Waals surface area contributed by atoms with Gasteiger partial charge in [-0.05, 0) is 18.9 Å². The van der Waals surface area contributed by atoms with E-state index in [0.717, 1.165) is 25.7 Å². The lowest BCUT2D eigenvalue weighted by Gasteiger charge is -2.18. The number of carbonyl (C=O) groups is 2. The second kappa shape index (κ2) is 7.04. The molecule has 1 aliphatic carbocycles. The zero-order valence-corrected chi connectivity index (χ0v) is 9.61. The highest BCUT2D eigenvalue weighted by atomic mass is 16.5. The minimum Gasteiger partial charge on any atom is -0.462 e. The third-order valence-corrected chi connectivity index (χ3v) is 2.60. The summed E-state index contributed by atoms with van der Waals surface area (Å²) in [6, 6.07) is 0. The van der Waals surface area contributed by atoms with Crippen LogP contribution in [0.1, 0.15) is 39.0 Å². The van der Waals surface area contributed by atoms with Gasteiger partial charge in [0.25, 0.3) is 0 Å². The number of ether oxygens (including phenoxy) is 2. The third kappa shape index (κ3) is 4.96. The number of rotatable bonds is 4. The Balaban J connectivity index is 2.15. The van der Waals surface area contributed by atoms with E-state index in [9.17, 15) is 9.59 Å². The number of esters is 2. The minimum atomic E-state index is -0.344. The summed E-state index contributed by atoms with van der Waals surface area (Å²) in [6.07, 6.45) is 8.11. The fourth-order valence-corrected chi connectivity index (χ4v) is 1.75. The SMILES string of the molecule is CC(=O)OCC=COC(=O)C1CCCCC1. The van der Waals surface area contributed by atoms with Gasteiger partial charge in [-0.3, -0.25) is 9.59 Å². The lowest BCUT2D eigenvalue weighted by molar-refractivity contribution is -0.143. The Morgan fingerprint density at radius 2 is 1.94 bits per heavy atom. The molecule has 4 nitrogen and oxygen atoms in total. The van der Waals surface area contributed by atoms with E-state index in [4.69, 9.17) is 4.74 Å². The summed E-state index contributed by atoms with van der Waals surface area (Å²) < 4.78 is 9.60. The molecule has 4 heteroatoms. The Bertz CT molecular complexity index is 264. The summed E-state index contributed by atoms with van der Waals surface area (Å²) in [6.45, 7) is 1.48. The Morgan fingerprint density at radius 3 is 2.56 bits per heavy atom. The van der Waals surface area contributed by atoms with E-state index < -0.39 is 0 Å². The molecule has 1 rings (SSSR count). The highest BCUT2D eigenvalue weighted by Gasteiger charge is 2.21. The average Bonchev–Trinajstić information content (AvgIpc) is 2.29. The molecule has 0 aliphatic heterocycles. The summed E-state index contributed by atoms with van der Waals surface area (Å²) in [5.41, 5.74) is 0. The topological polar surface area (TPSA) is 52.6 Å². The number of hydrogen-bond acceptors (Lipinski definition) is 4. The van der Waals surface area contributed by atoms with Crippen LogP contribution in [0.5, 0.6) is 0 Å². The fourth-order valence-electron chi connectivity index (χ4n) is 1.75. The van der Waals surface area contributed by atoms with Crippen LogP contribution in [-0.4, -0.2) is 18.5 Å². The van der Waals surface area contributed by atoms with Gasteiger partial charge in [-0.2, -0.15) is 0 Å². The lowest BCUT2D eigenvalue weighted by atomic mass is 9.89. The molecule has 16 heavy (non-hydrogen) atoms. The summed E-state index contributed by atoms with van der Waals surface area (Å²) in [5, 5.41) is 0. The second-order valence-electron chi connectivity index (χ2n) is 3.95. The molecule has 90 valence electrons. The van der Waals surface area contributed by atoms with Gasteiger partial charge in [-0.15, -0.1) is 0 Å². The number of hydrogen-bond donors (Lipinski definition) is 0. The lowest BCUT2D eigenvalue weighted by Crippen LogP contribution is -2.18. The molecule has 0 heterocycles. The van der Waals surface area contributed by atoms with E-state index in [1.807, 2.05) is 0 Å². The molecule has 0 saturated heterocycles. The molecule has 0 spiro atoms. The van der Waals surface area contributed by atoms with E-state index in [0.29, 0.717) is 0 Å². The molecule has 0 amide bonds. The Morgan fingerprint density at radius 1 is 1.25 bits per heavy atom. The first-order chi connectivity index (χ1) is 7.70. The maximum absolute atomic E-state index is 11.5. The molecule has 0 aromatic rings. The van der Waals surface area contributed by atoms with Gasteiger partial charge >= 0.3 is 11.9 Å². The van der Waals surface area contributed by atoms with Crippen molar-refractivity contribution >= 4 is 11.9 Å². The van der Waals surface area contributed by atoms with E-state index in [-0.39, 0.29) is 24.5 Å². The predicted octanol–water partition coefficient (Wildman–Crippen LogP) is 2.19. The summed E-state index contributed by atoms with van der Waals surface area (Å²) in [7, 11) is 0. The van der Waals surface area contributed by atoms with Crippen molar-refractivity contribution in [1.29, 1.82) is 0 Å². The molecule has 0 aromatic carbocycles. The van der Waals surface area contributed by atoms with E-state index >= 15 is 0 Å². The Labute approximate surface area is 95.6 Å². The molecule has 1 saturated carbocycles. The molecule has 0 aromatic heterocycles. The first-order valence-electron chi connectivity index (χ1n) is 5.69. The molecule has 1 fully saturated rings. The van der Waals surface area contributed by atoms with Crippen LogP contribution in [0.25, 0.3) is 0 Å². The quantitative estimate of drug-likeness (QED) is 0.544. The van der Waals surface area contributed by atoms with Crippen molar-refractivity contribution in [2.45, 2.75) is 39.0 Å². The Hall–Kier alpha value is -1.32. The van der Waals surface area contributed by atoms with Crippen LogP contribution in [0.15, 0.2) is 12.3 Å². The predicted molar refractivity (Wildman–Crippen MR) is 58.4 cm³/mol. The first-order valence-corrected chi connectivity index (χ1v) is 5.69. The van der Waals surface area contributed by atoms with Gasteiger partial charge in [0, 0.05) is 6.92 Å². The molecule has 0 bridgehead atoms. The normalized spacial score (nSPS) is 17.3.